The average Bonchev–Trinajstić information content (AvgIpc) is 2.86. The van der Waals surface area contributed by atoms with Gasteiger partial charge >= 0.3 is 0 Å². The fourth-order valence-corrected chi connectivity index (χ4v) is 1.50. The maximum atomic E-state index is 13.5. The molecule has 4 N–H and O–H groups in total. The molecule has 2 aromatic rings. The minimum Gasteiger partial charge on any atom is -0.503 e. The average molecular weight is 302 g/mol. The van der Waals surface area contributed by atoms with Gasteiger partial charge in [0.1, 0.15) is 0 Å². The van der Waals surface area contributed by atoms with Gasteiger partial charge < -0.3 is 20.7 Å². The Bertz CT molecular complexity index is 690. The number of rotatable bonds is 4. The van der Waals surface area contributed by atoms with Gasteiger partial charge in [0.25, 0.3) is 11.9 Å². The summed E-state index contributed by atoms with van der Waals surface area (Å²) >= 11 is 0. The number of aromatic nitrogens is 2. The summed E-state index contributed by atoms with van der Waals surface area (Å²) in [5.74, 6) is -7.36. The van der Waals surface area contributed by atoms with E-state index in [1.54, 1.807) is 0 Å². The predicted molar refractivity (Wildman–Crippen MR) is 62.7 cm³/mol. The molecule has 1 aromatic carbocycles. The van der Waals surface area contributed by atoms with Crippen LogP contribution in [-0.2, 0) is 6.42 Å². The molecule has 0 aliphatic heterocycles. The van der Waals surface area contributed by atoms with Crippen LogP contribution in [0.3, 0.4) is 0 Å². The molecule has 2 rings (SSSR count). The number of carbonyl (C=O) groups is 1. The zero-order valence-corrected chi connectivity index (χ0v) is 10.4. The van der Waals surface area contributed by atoms with E-state index in [1.807, 2.05) is 0 Å². The molecule has 0 aliphatic rings. The van der Waals surface area contributed by atoms with Crippen molar-refractivity contribution in [2.45, 2.75) is 6.42 Å². The first kappa shape index (κ1) is 14.6. The monoisotopic (exact) mass is 302 g/mol. The van der Waals surface area contributed by atoms with Crippen molar-refractivity contribution in [2.24, 2.45) is 0 Å². The van der Waals surface area contributed by atoms with E-state index in [1.165, 1.54) is 0 Å². The lowest BCUT2D eigenvalue weighted by molar-refractivity contribution is 0.0947. The highest BCUT2D eigenvalue weighted by Crippen LogP contribution is 2.25. The van der Waals surface area contributed by atoms with E-state index in [9.17, 15) is 18.0 Å². The van der Waals surface area contributed by atoms with Gasteiger partial charge in [0.05, 0.1) is 5.56 Å². The maximum absolute atomic E-state index is 13.5. The van der Waals surface area contributed by atoms with Crippen LogP contribution < -0.4 is 11.1 Å². The smallest absolute Gasteiger partial charge is 0.260 e. The van der Waals surface area contributed by atoms with Gasteiger partial charge in [0, 0.05) is 13.0 Å². The lowest BCUT2D eigenvalue weighted by Gasteiger charge is -2.07. The summed E-state index contributed by atoms with van der Waals surface area (Å²) in [6.07, 6.45) is 0.104. The summed E-state index contributed by atoms with van der Waals surface area (Å²) in [7, 11) is 0. The number of halogens is 3. The van der Waals surface area contributed by atoms with Gasteiger partial charge in [-0.05, 0) is 11.2 Å². The number of carbonyl (C=O) groups excluding carboxylic acids is 1. The fourth-order valence-electron chi connectivity index (χ4n) is 1.50. The van der Waals surface area contributed by atoms with Gasteiger partial charge in [-0.15, -0.1) is 0 Å². The maximum Gasteiger partial charge on any atom is 0.260 e. The molecule has 0 aliphatic carbocycles. The number of nitrogens with one attached hydrogen (secondary N) is 1. The second-order valence-corrected chi connectivity index (χ2v) is 3.93. The third-order valence-electron chi connectivity index (χ3n) is 2.49. The summed E-state index contributed by atoms with van der Waals surface area (Å²) in [4.78, 5) is 15.3. The Labute approximate surface area is 115 Å². The van der Waals surface area contributed by atoms with Gasteiger partial charge in [-0.25, -0.2) is 8.78 Å². The number of amides is 1. The van der Waals surface area contributed by atoms with Crippen molar-refractivity contribution in [3.05, 3.63) is 35.0 Å². The molecule has 0 radical (unpaired) electrons. The Kier molecular flexibility index (Phi) is 3.96. The molecule has 0 spiro atoms. The van der Waals surface area contributed by atoms with Gasteiger partial charge in [-0.3, -0.25) is 4.79 Å². The van der Waals surface area contributed by atoms with E-state index in [0.29, 0.717) is 6.07 Å². The van der Waals surface area contributed by atoms with Crippen molar-refractivity contribution in [1.82, 2.24) is 15.5 Å². The van der Waals surface area contributed by atoms with Crippen LogP contribution in [0.25, 0.3) is 0 Å². The van der Waals surface area contributed by atoms with Gasteiger partial charge in [0.2, 0.25) is 11.7 Å². The first-order valence-electron chi connectivity index (χ1n) is 5.63. The molecule has 7 nitrogen and oxygen atoms in total. The third-order valence-corrected chi connectivity index (χ3v) is 2.49. The predicted octanol–water partition coefficient (Wildman–Crippen LogP) is 0.747. The first-order valence-corrected chi connectivity index (χ1v) is 5.63. The zero-order valence-electron chi connectivity index (χ0n) is 10.4. The number of nitrogens with two attached hydrogens (primary N) is 1. The summed E-state index contributed by atoms with van der Waals surface area (Å²) < 4.78 is 44.1. The summed E-state index contributed by atoms with van der Waals surface area (Å²) in [5.41, 5.74) is 4.39. The van der Waals surface area contributed by atoms with Crippen LogP contribution in [0.4, 0.5) is 19.1 Å². The third kappa shape index (κ3) is 3.04. The molecule has 0 unspecified atom stereocenters. The first-order chi connectivity index (χ1) is 9.90. The standard InChI is InChI=1S/C11H9F3N4O3/c12-5-3-4(7(13)9(19)8(5)14)10(20)16-2-1-6-17-11(15)18-21-6/h3,19H,1-2H2,(H2,15,18)(H,16,20). The number of benzene rings is 1. The van der Waals surface area contributed by atoms with Crippen molar-refractivity contribution in [3.63, 3.8) is 0 Å². The van der Waals surface area contributed by atoms with Crippen molar-refractivity contribution in [3.8, 4) is 5.75 Å². The number of aromatic hydroxyl groups is 1. The summed E-state index contributed by atoms with van der Waals surface area (Å²) in [6.45, 7) is -0.0420. The van der Waals surface area contributed by atoms with Crippen molar-refractivity contribution in [2.75, 3.05) is 12.3 Å². The molecule has 0 bridgehead atoms. The van der Waals surface area contributed by atoms with E-state index >= 15 is 0 Å². The van der Waals surface area contributed by atoms with Crippen LogP contribution in [-0.4, -0.2) is 27.7 Å². The highest BCUT2D eigenvalue weighted by atomic mass is 19.2. The SMILES string of the molecule is Nc1noc(CCNC(=O)c2cc(F)c(F)c(O)c2F)n1. The summed E-state index contributed by atoms with van der Waals surface area (Å²) in [6, 6.07) is 0.352. The second kappa shape index (κ2) is 5.69. The Hall–Kier alpha value is -2.78. The Morgan fingerprint density at radius 1 is 1.38 bits per heavy atom. The number of anilines is 1. The fraction of sp³-hybridized carbons (Fsp3) is 0.182. The molecule has 1 amide bonds. The minimum absolute atomic E-state index is 0.0420. The highest BCUT2D eigenvalue weighted by molar-refractivity contribution is 5.94. The number of hydrogen-bond acceptors (Lipinski definition) is 6. The van der Waals surface area contributed by atoms with E-state index < -0.39 is 34.7 Å². The van der Waals surface area contributed by atoms with E-state index in [4.69, 9.17) is 10.8 Å². The van der Waals surface area contributed by atoms with Crippen LogP contribution in [0.15, 0.2) is 10.6 Å². The Morgan fingerprint density at radius 2 is 2.10 bits per heavy atom. The van der Waals surface area contributed by atoms with Gasteiger partial charge in [-0.1, -0.05) is 0 Å². The van der Waals surface area contributed by atoms with E-state index in [0.717, 1.165) is 0 Å². The molecule has 0 fully saturated rings. The Morgan fingerprint density at radius 3 is 2.71 bits per heavy atom. The molecule has 1 heterocycles. The minimum atomic E-state index is -1.76. The van der Waals surface area contributed by atoms with Crippen molar-refractivity contribution < 1.29 is 27.6 Å². The largest absolute Gasteiger partial charge is 0.503 e. The van der Waals surface area contributed by atoms with Crippen LogP contribution in [0, 0.1) is 17.5 Å². The van der Waals surface area contributed by atoms with Crippen LogP contribution in [0.2, 0.25) is 0 Å². The summed E-state index contributed by atoms with van der Waals surface area (Å²) in [5, 5.41) is 14.5. The highest BCUT2D eigenvalue weighted by Gasteiger charge is 2.22. The number of hydrogen-bond donors (Lipinski definition) is 3. The topological polar surface area (TPSA) is 114 Å². The molecule has 21 heavy (non-hydrogen) atoms. The second-order valence-electron chi connectivity index (χ2n) is 3.93. The lowest BCUT2D eigenvalue weighted by atomic mass is 10.1. The van der Waals surface area contributed by atoms with E-state index in [2.05, 4.69) is 20.0 Å². The number of nitrogens with zero attached hydrogens (tertiary/aromatic N) is 2. The lowest BCUT2D eigenvalue weighted by Crippen LogP contribution is -2.27. The number of nitrogen functional groups attached to an aromatic ring is 1. The number of phenolic OH excluding ortho intramolecular Hbond substituents is 1. The molecule has 112 valence electrons. The van der Waals surface area contributed by atoms with Crippen molar-refractivity contribution >= 4 is 11.9 Å². The van der Waals surface area contributed by atoms with E-state index in [-0.39, 0.29) is 24.8 Å². The molecule has 0 saturated heterocycles. The normalized spacial score (nSPS) is 10.6. The van der Waals surface area contributed by atoms with Crippen LogP contribution >= 0.6 is 0 Å². The van der Waals surface area contributed by atoms with Crippen LogP contribution in [0.5, 0.6) is 5.75 Å². The zero-order chi connectivity index (χ0) is 15.6. The molecule has 0 atom stereocenters. The Balaban J connectivity index is 2.04. The molecule has 1 aromatic heterocycles. The molecular formula is C11H9F3N4O3. The van der Waals surface area contributed by atoms with Gasteiger partial charge in [-0.2, -0.15) is 9.37 Å². The van der Waals surface area contributed by atoms with Crippen molar-refractivity contribution in [1.29, 1.82) is 0 Å². The molecular weight excluding hydrogens is 293 g/mol. The number of phenols is 1. The quantitative estimate of drug-likeness (QED) is 0.718. The van der Waals surface area contributed by atoms with Gasteiger partial charge in [0.15, 0.2) is 17.4 Å². The molecule has 10 heteroatoms. The molecule has 0 saturated carbocycles. The van der Waals surface area contributed by atoms with Crippen LogP contribution in [0.1, 0.15) is 16.2 Å².